The summed E-state index contributed by atoms with van der Waals surface area (Å²) in [7, 11) is 0. The molecule has 0 bridgehead atoms. The molecule has 0 heterocycles. The fourth-order valence-corrected chi connectivity index (χ4v) is 0.773. The first-order chi connectivity index (χ1) is 5.11. The van der Waals surface area contributed by atoms with Gasteiger partial charge in [-0.3, -0.25) is 10.1 Å². The Kier molecular flexibility index (Phi) is 4.35. The number of rotatable bonds is 1. The number of benzene rings is 1. The Bertz CT molecular complexity index is 301. The molecular weight excluding hydrogens is 233 g/mol. The van der Waals surface area contributed by atoms with E-state index in [2.05, 4.69) is 6.07 Å². The van der Waals surface area contributed by atoms with Gasteiger partial charge in [0, 0.05) is 37.6 Å². The second-order valence-corrected chi connectivity index (χ2v) is 2.21. The maximum Gasteiger partial charge on any atom is 0.185 e. The summed E-state index contributed by atoms with van der Waals surface area (Å²) in [6.07, 6.45) is 0. The van der Waals surface area contributed by atoms with Crippen molar-refractivity contribution in [3.63, 3.8) is 0 Å². The van der Waals surface area contributed by atoms with E-state index in [1.165, 1.54) is 12.1 Å². The average molecular weight is 240 g/mol. The zero-order valence-electron chi connectivity index (χ0n) is 6.57. The van der Waals surface area contributed by atoms with Gasteiger partial charge >= 0.3 is 0 Å². The number of nitro benzene ring substituents is 1. The molecule has 61 valence electrons. The smallest absolute Gasteiger partial charge is 0.185 e. The number of nitrogens with zero attached hydrogens (tertiary/aromatic N) is 1. The first kappa shape index (κ1) is 11.5. The molecule has 0 atom stereocenters. The maximum atomic E-state index is 10.2. The molecule has 1 rings (SSSR count). The van der Waals surface area contributed by atoms with E-state index >= 15 is 0 Å². The molecule has 0 saturated carbocycles. The van der Waals surface area contributed by atoms with Crippen molar-refractivity contribution in [3.05, 3.63) is 33.9 Å². The molecule has 0 unspecified atom stereocenters. The van der Waals surface area contributed by atoms with Crippen LogP contribution in [-0.2, 0) is 32.7 Å². The molecule has 2 N–H and O–H groups in total. The van der Waals surface area contributed by atoms with Crippen LogP contribution in [0.4, 0.5) is 11.4 Å². The molecule has 0 fully saturated rings. The van der Waals surface area contributed by atoms with Crippen molar-refractivity contribution >= 4 is 11.4 Å². The predicted octanol–water partition coefficient (Wildman–Crippen LogP) is 1.28. The van der Waals surface area contributed by atoms with Gasteiger partial charge in [-0.15, -0.1) is 6.07 Å². The summed E-state index contributed by atoms with van der Waals surface area (Å²) in [4.78, 5) is 9.72. The van der Waals surface area contributed by atoms with Crippen molar-refractivity contribution in [2.45, 2.75) is 6.92 Å². The SMILES string of the molecule is Cc1[c-]cc([N+](=O)[O-])c(N)c1.[Y]. The number of anilines is 1. The summed E-state index contributed by atoms with van der Waals surface area (Å²) in [6.45, 7) is 1.78. The summed E-state index contributed by atoms with van der Waals surface area (Å²) in [6, 6.07) is 5.51. The monoisotopic (exact) mass is 240 g/mol. The minimum Gasteiger partial charge on any atom is -0.414 e. The molecular formula is C7H7N2O2Y-. The number of aryl methyl sites for hydroxylation is 1. The number of hydrogen-bond acceptors (Lipinski definition) is 3. The summed E-state index contributed by atoms with van der Waals surface area (Å²) in [5, 5.41) is 10.2. The van der Waals surface area contributed by atoms with Crippen LogP contribution in [0.2, 0.25) is 0 Å². The van der Waals surface area contributed by atoms with Gasteiger partial charge in [0.15, 0.2) is 5.69 Å². The largest absolute Gasteiger partial charge is 0.414 e. The molecule has 1 aromatic rings. The Morgan fingerprint density at radius 2 is 2.25 bits per heavy atom. The molecule has 0 saturated heterocycles. The van der Waals surface area contributed by atoms with Gasteiger partial charge in [-0.2, -0.15) is 11.6 Å². The maximum absolute atomic E-state index is 10.2. The van der Waals surface area contributed by atoms with Gasteiger partial charge in [0.25, 0.3) is 0 Å². The van der Waals surface area contributed by atoms with Crippen LogP contribution >= 0.6 is 0 Å². The molecule has 0 aliphatic rings. The fourth-order valence-electron chi connectivity index (χ4n) is 0.773. The van der Waals surface area contributed by atoms with Gasteiger partial charge in [-0.05, 0) is 5.69 Å². The van der Waals surface area contributed by atoms with Crippen molar-refractivity contribution in [1.29, 1.82) is 0 Å². The van der Waals surface area contributed by atoms with E-state index in [4.69, 9.17) is 5.73 Å². The molecule has 1 aromatic carbocycles. The number of nitro groups is 1. The van der Waals surface area contributed by atoms with Gasteiger partial charge in [0.1, 0.15) is 0 Å². The topological polar surface area (TPSA) is 69.2 Å². The van der Waals surface area contributed by atoms with Crippen molar-refractivity contribution in [2.75, 3.05) is 5.73 Å². The Balaban J connectivity index is 0.00000121. The van der Waals surface area contributed by atoms with Crippen molar-refractivity contribution in [3.8, 4) is 0 Å². The fraction of sp³-hybridized carbons (Fsp3) is 0.143. The minimum atomic E-state index is -0.523. The minimum absolute atomic E-state index is 0. The Morgan fingerprint density at radius 1 is 1.67 bits per heavy atom. The molecule has 0 spiro atoms. The van der Waals surface area contributed by atoms with Crippen LogP contribution in [0.5, 0.6) is 0 Å². The number of nitrogens with two attached hydrogens (primary N) is 1. The molecule has 0 aliphatic heterocycles. The van der Waals surface area contributed by atoms with E-state index in [0.717, 1.165) is 5.56 Å². The van der Waals surface area contributed by atoms with Crippen molar-refractivity contribution in [2.24, 2.45) is 0 Å². The van der Waals surface area contributed by atoms with E-state index in [-0.39, 0.29) is 44.1 Å². The summed E-state index contributed by atoms with van der Waals surface area (Å²) < 4.78 is 0. The molecule has 5 heteroatoms. The zero-order valence-corrected chi connectivity index (χ0v) is 9.41. The first-order valence-electron chi connectivity index (χ1n) is 3.03. The normalized spacial score (nSPS) is 8.75. The number of nitrogen functional groups attached to an aromatic ring is 1. The Hall–Kier alpha value is -0.476. The van der Waals surface area contributed by atoms with Crippen molar-refractivity contribution in [1.82, 2.24) is 0 Å². The van der Waals surface area contributed by atoms with Crippen molar-refractivity contribution < 1.29 is 37.6 Å². The third-order valence-electron chi connectivity index (χ3n) is 1.30. The predicted molar refractivity (Wildman–Crippen MR) is 41.1 cm³/mol. The Labute approximate surface area is 95.2 Å². The third kappa shape index (κ3) is 2.53. The molecule has 0 amide bonds. The first-order valence-corrected chi connectivity index (χ1v) is 3.03. The van der Waals surface area contributed by atoms with Gasteiger partial charge in [-0.1, -0.05) is 13.0 Å². The van der Waals surface area contributed by atoms with Gasteiger partial charge in [-0.25, -0.2) is 0 Å². The van der Waals surface area contributed by atoms with E-state index < -0.39 is 4.92 Å². The molecule has 0 aliphatic carbocycles. The molecule has 0 aromatic heterocycles. The van der Waals surface area contributed by atoms with Gasteiger partial charge in [0.05, 0.1) is 0 Å². The van der Waals surface area contributed by atoms with E-state index in [1.807, 2.05) is 0 Å². The van der Waals surface area contributed by atoms with Crippen LogP contribution in [0, 0.1) is 23.1 Å². The van der Waals surface area contributed by atoms with Gasteiger partial charge in [0.2, 0.25) is 0 Å². The van der Waals surface area contributed by atoms with Crippen LogP contribution in [0.15, 0.2) is 12.1 Å². The van der Waals surface area contributed by atoms with E-state index in [1.54, 1.807) is 6.92 Å². The average Bonchev–Trinajstić information content (AvgIpc) is 1.85. The van der Waals surface area contributed by atoms with Crippen LogP contribution in [0.25, 0.3) is 0 Å². The summed E-state index contributed by atoms with van der Waals surface area (Å²) >= 11 is 0. The number of hydrogen-bond donors (Lipinski definition) is 1. The van der Waals surface area contributed by atoms with Crippen LogP contribution in [0.1, 0.15) is 5.56 Å². The van der Waals surface area contributed by atoms with E-state index in [9.17, 15) is 10.1 Å². The molecule has 1 radical (unpaired) electrons. The second kappa shape index (κ2) is 4.53. The second-order valence-electron chi connectivity index (χ2n) is 2.21. The standard InChI is InChI=1S/C7H7N2O2.Y/c1-5-2-3-7(9(10)11)6(8)4-5;/h3-4H,8H2,1H3;/q-1;. The van der Waals surface area contributed by atoms with Crippen LogP contribution in [-0.4, -0.2) is 4.92 Å². The quantitative estimate of drug-likeness (QED) is 0.348. The van der Waals surface area contributed by atoms with Crippen LogP contribution in [0.3, 0.4) is 0 Å². The summed E-state index contributed by atoms with van der Waals surface area (Å²) in [5.74, 6) is 0. The zero-order chi connectivity index (χ0) is 8.43. The molecule has 12 heavy (non-hydrogen) atoms. The third-order valence-corrected chi connectivity index (χ3v) is 1.30. The van der Waals surface area contributed by atoms with Gasteiger partial charge < -0.3 is 5.73 Å². The van der Waals surface area contributed by atoms with E-state index in [0.29, 0.717) is 0 Å². The summed E-state index contributed by atoms with van der Waals surface area (Å²) in [5.41, 5.74) is 6.26. The van der Waals surface area contributed by atoms with Crippen LogP contribution < -0.4 is 5.73 Å². The Morgan fingerprint density at radius 3 is 2.67 bits per heavy atom. The molecule has 4 nitrogen and oxygen atoms in total.